The second-order valence-corrected chi connectivity index (χ2v) is 31.8. The Morgan fingerprint density at radius 1 is 0.207 bits per heavy atom. The molecule has 0 N–H and O–H groups in total. The van der Waals surface area contributed by atoms with Crippen LogP contribution in [0.25, 0.3) is 242 Å². The molecule has 10 nitrogen and oxygen atoms in total. The Hall–Kier alpha value is -16.1. The summed E-state index contributed by atoms with van der Waals surface area (Å²) in [6.07, 6.45) is 0. The minimum atomic E-state index is 0.600. The standard InChI is InChI=1S/C55H32N4OS.C55H34N4O/c1-2-13-34(14-3-1)53-56-54(58-55(57-53)43-21-12-20-41-40-18-8-11-24-49(40)61-52(41)43)35-27-25-33(26-28-35)38-29-30-46(50-42-19-7-10-23-48(42)60-51(38)50)59-45-22-9-6-17-39(45)44-31-36-15-4-5-16-37(36)32-47(44)59;1-3-14-35(15-4-1)36-26-28-38(29-27-36)54-56-53(37-16-5-2-6-17-37)57-55(58-54)42-21-13-20-41(32-42)43-30-31-48(51-45-23-10-12-25-50(45)60-52(43)51)59-47-24-11-9-22-44(47)46-33-39-18-7-8-19-40(39)34-49(46)59/h1-32H;1-34H. The first kappa shape index (κ1) is 69.2. The lowest BCUT2D eigenvalue weighted by atomic mass is 9.99. The van der Waals surface area contributed by atoms with Gasteiger partial charge in [0.15, 0.2) is 34.9 Å². The fraction of sp³-hybridized carbons (Fsp3) is 0. The lowest BCUT2D eigenvalue weighted by Crippen LogP contribution is -2.00. The van der Waals surface area contributed by atoms with Crippen molar-refractivity contribution in [1.29, 1.82) is 0 Å². The molecule has 7 aromatic heterocycles. The van der Waals surface area contributed by atoms with Crippen molar-refractivity contribution in [2.75, 3.05) is 0 Å². The highest BCUT2D eigenvalue weighted by molar-refractivity contribution is 7.26. The first-order chi connectivity index (χ1) is 60.0. The molecule has 0 radical (unpaired) electrons. The molecule has 0 atom stereocenters. The van der Waals surface area contributed by atoms with Crippen molar-refractivity contribution in [3.8, 4) is 113 Å². The van der Waals surface area contributed by atoms with Crippen LogP contribution in [0.4, 0.5) is 0 Å². The van der Waals surface area contributed by atoms with E-state index in [9.17, 15) is 0 Å². The third kappa shape index (κ3) is 11.8. The van der Waals surface area contributed by atoms with Crippen LogP contribution in [0.1, 0.15) is 0 Å². The molecule has 0 aliphatic rings. The molecule has 0 amide bonds. The second-order valence-electron chi connectivity index (χ2n) is 30.7. The number of aromatic nitrogens is 8. The predicted molar refractivity (Wildman–Crippen MR) is 500 cm³/mol. The molecule has 0 aliphatic carbocycles. The summed E-state index contributed by atoms with van der Waals surface area (Å²) in [7, 11) is 0. The lowest BCUT2D eigenvalue weighted by molar-refractivity contribution is 0.669. The van der Waals surface area contributed by atoms with Gasteiger partial charge in [0.2, 0.25) is 0 Å². The molecule has 0 fully saturated rings. The van der Waals surface area contributed by atoms with Crippen LogP contribution in [0.3, 0.4) is 0 Å². The average Bonchev–Trinajstić information content (AvgIpc) is 1.57. The molecular formula is C110H66N8O2S. The molecule has 564 valence electrons. The zero-order valence-electron chi connectivity index (χ0n) is 64.9. The van der Waals surface area contributed by atoms with Crippen LogP contribution in [0.2, 0.25) is 0 Å². The van der Waals surface area contributed by atoms with Crippen molar-refractivity contribution >= 4 is 141 Å². The summed E-state index contributed by atoms with van der Waals surface area (Å²) in [5, 5.41) is 16.5. The quantitative estimate of drug-likeness (QED) is 0.126. The number of rotatable bonds is 11. The highest BCUT2D eigenvalue weighted by atomic mass is 32.1. The Morgan fingerprint density at radius 2 is 0.562 bits per heavy atom. The van der Waals surface area contributed by atoms with Crippen molar-refractivity contribution < 1.29 is 8.83 Å². The van der Waals surface area contributed by atoms with Gasteiger partial charge in [-0.05, 0) is 135 Å². The van der Waals surface area contributed by atoms with E-state index >= 15 is 0 Å². The monoisotopic (exact) mass is 1560 g/mol. The highest BCUT2D eigenvalue weighted by Crippen LogP contribution is 2.48. The third-order valence-electron chi connectivity index (χ3n) is 23.7. The fourth-order valence-corrected chi connectivity index (χ4v) is 19.2. The summed E-state index contributed by atoms with van der Waals surface area (Å²) in [6, 6.07) is 141. The van der Waals surface area contributed by atoms with E-state index in [0.717, 1.165) is 139 Å². The van der Waals surface area contributed by atoms with Crippen molar-refractivity contribution in [3.05, 3.63) is 400 Å². The van der Waals surface area contributed by atoms with Crippen molar-refractivity contribution in [2.45, 2.75) is 0 Å². The summed E-state index contributed by atoms with van der Waals surface area (Å²) in [4.78, 5) is 30.5. The summed E-state index contributed by atoms with van der Waals surface area (Å²) >= 11 is 1.78. The number of benzene rings is 18. The highest BCUT2D eigenvalue weighted by Gasteiger charge is 2.26. The van der Waals surface area contributed by atoms with Crippen LogP contribution in [-0.2, 0) is 0 Å². The van der Waals surface area contributed by atoms with Gasteiger partial charge in [-0.2, -0.15) is 0 Å². The largest absolute Gasteiger partial charge is 0.455 e. The van der Waals surface area contributed by atoms with Crippen molar-refractivity contribution in [2.24, 2.45) is 0 Å². The van der Waals surface area contributed by atoms with Gasteiger partial charge in [-0.25, -0.2) is 29.9 Å². The second kappa shape index (κ2) is 28.4. The van der Waals surface area contributed by atoms with Crippen LogP contribution < -0.4 is 0 Å². The van der Waals surface area contributed by atoms with E-state index in [0.29, 0.717) is 34.9 Å². The van der Waals surface area contributed by atoms with Gasteiger partial charge in [0.25, 0.3) is 0 Å². The molecule has 0 saturated heterocycles. The maximum Gasteiger partial charge on any atom is 0.165 e. The normalized spacial score (nSPS) is 11.8. The molecule has 0 unspecified atom stereocenters. The average molecular weight is 1560 g/mol. The number of fused-ring (bicyclic) bond motifs is 17. The van der Waals surface area contributed by atoms with Gasteiger partial charge in [-0.3, -0.25) is 0 Å². The minimum absolute atomic E-state index is 0.600. The number of nitrogens with zero attached hydrogens (tertiary/aromatic N) is 8. The maximum atomic E-state index is 6.86. The number of thiophene rings is 1. The molecule has 0 bridgehead atoms. The van der Waals surface area contributed by atoms with E-state index in [1.165, 1.54) is 68.8 Å². The maximum absolute atomic E-state index is 6.86. The number of para-hydroxylation sites is 4. The zero-order chi connectivity index (χ0) is 79.6. The van der Waals surface area contributed by atoms with E-state index in [-0.39, 0.29) is 0 Å². The predicted octanol–water partition coefficient (Wildman–Crippen LogP) is 29.4. The first-order valence-electron chi connectivity index (χ1n) is 40.6. The van der Waals surface area contributed by atoms with Gasteiger partial charge in [-0.1, -0.05) is 309 Å². The van der Waals surface area contributed by atoms with E-state index < -0.39 is 0 Å². The fourth-order valence-electron chi connectivity index (χ4n) is 18.0. The Bertz CT molecular complexity index is 8460. The van der Waals surface area contributed by atoms with Gasteiger partial charge in [0.1, 0.15) is 22.3 Å². The van der Waals surface area contributed by atoms with Gasteiger partial charge < -0.3 is 18.0 Å². The van der Waals surface area contributed by atoms with Crippen LogP contribution in [-0.4, -0.2) is 39.0 Å². The summed E-state index contributed by atoms with van der Waals surface area (Å²) < 4.78 is 20.9. The first-order valence-corrected chi connectivity index (χ1v) is 41.4. The number of hydrogen-bond donors (Lipinski definition) is 0. The SMILES string of the molecule is c1ccc(-c2ccc(-c3nc(-c4ccccc4)nc(-c4cccc(-c5ccc(-n6c7ccccc7c7cc8ccccc8cc76)c6c5oc5ccccc56)c4)n3)cc2)cc1.c1ccc(-c2nc(-c3ccc(-c4ccc(-n5c6ccccc6c6cc7ccccc7cc65)c5c4oc4ccccc45)cc3)nc(-c3cccc4c3sc3ccccc34)n2)cc1. The molecule has 121 heavy (non-hydrogen) atoms. The molecular weight excluding hydrogens is 1500 g/mol. The Balaban J connectivity index is 0.000000137. The molecule has 25 aromatic rings. The van der Waals surface area contributed by atoms with Gasteiger partial charge in [0.05, 0.1) is 44.2 Å². The van der Waals surface area contributed by atoms with Crippen LogP contribution >= 0.6 is 11.3 Å². The molecule has 11 heteroatoms. The summed E-state index contributed by atoms with van der Waals surface area (Å²) in [5.74, 6) is 3.76. The van der Waals surface area contributed by atoms with Crippen LogP contribution in [0, 0.1) is 0 Å². The molecule has 0 spiro atoms. The topological polar surface area (TPSA) is 113 Å². The Kier molecular flexibility index (Phi) is 16.2. The molecule has 0 saturated carbocycles. The van der Waals surface area contributed by atoms with E-state index in [1.807, 2.05) is 66.7 Å². The smallest absolute Gasteiger partial charge is 0.165 e. The van der Waals surface area contributed by atoms with Gasteiger partial charge in [0, 0.05) is 97.0 Å². The number of furan rings is 2. The summed E-state index contributed by atoms with van der Waals surface area (Å²) in [5.41, 5.74) is 22.1. The van der Waals surface area contributed by atoms with Crippen LogP contribution in [0.15, 0.2) is 409 Å². The minimum Gasteiger partial charge on any atom is -0.455 e. The lowest BCUT2D eigenvalue weighted by Gasteiger charge is -2.13. The molecule has 18 aromatic carbocycles. The zero-order valence-corrected chi connectivity index (χ0v) is 65.7. The Morgan fingerprint density at radius 3 is 1.08 bits per heavy atom. The summed E-state index contributed by atoms with van der Waals surface area (Å²) in [6.45, 7) is 0. The van der Waals surface area contributed by atoms with Gasteiger partial charge >= 0.3 is 0 Å². The number of hydrogen-bond acceptors (Lipinski definition) is 9. The van der Waals surface area contributed by atoms with Gasteiger partial charge in [-0.15, -0.1) is 11.3 Å². The van der Waals surface area contributed by atoms with Crippen molar-refractivity contribution in [1.82, 2.24) is 39.0 Å². The third-order valence-corrected chi connectivity index (χ3v) is 24.9. The van der Waals surface area contributed by atoms with E-state index in [2.05, 4.69) is 343 Å². The molecule has 7 heterocycles. The van der Waals surface area contributed by atoms with E-state index in [1.54, 1.807) is 11.3 Å². The van der Waals surface area contributed by atoms with Crippen LogP contribution in [0.5, 0.6) is 0 Å². The molecule has 25 rings (SSSR count). The molecule has 0 aliphatic heterocycles. The van der Waals surface area contributed by atoms with Crippen molar-refractivity contribution in [3.63, 3.8) is 0 Å². The van der Waals surface area contributed by atoms with E-state index in [4.69, 9.17) is 38.7 Å². The Labute approximate surface area is 697 Å².